The fourth-order valence-corrected chi connectivity index (χ4v) is 3.60. The zero-order chi connectivity index (χ0) is 18.1. The van der Waals surface area contributed by atoms with Crippen LogP contribution in [0, 0.1) is 5.21 Å². The van der Waals surface area contributed by atoms with E-state index in [9.17, 15) is 10.0 Å². The quantitative estimate of drug-likeness (QED) is 0.625. The molecule has 2 N–H and O–H groups in total. The molecule has 0 fully saturated rings. The van der Waals surface area contributed by atoms with Crippen molar-refractivity contribution in [3.63, 3.8) is 0 Å². The molecule has 25 heavy (non-hydrogen) atoms. The van der Waals surface area contributed by atoms with Crippen LogP contribution in [0.2, 0.25) is 10.0 Å². The Balaban J connectivity index is 1.95. The standard InChI is InChI=1S/C15H10Cl2N3O4S/c1-24-11-5-10(20(22)23)6-12-13(11)18-15(25-12)19-14(21)7-2-8(16)4-9(17)3-7/h2-6,22H,1H3,(H,18,19,21)/q-1. The summed E-state index contributed by atoms with van der Waals surface area (Å²) in [5.41, 5.74) is 0.732. The van der Waals surface area contributed by atoms with Crippen LogP contribution in [0.5, 0.6) is 5.75 Å². The van der Waals surface area contributed by atoms with Gasteiger partial charge < -0.3 is 15.2 Å². The van der Waals surface area contributed by atoms with Crippen molar-refractivity contribution in [1.82, 2.24) is 4.98 Å². The minimum absolute atomic E-state index is 0.00694. The average molecular weight is 399 g/mol. The van der Waals surface area contributed by atoms with Crippen LogP contribution in [0.1, 0.15) is 10.4 Å². The van der Waals surface area contributed by atoms with Crippen molar-refractivity contribution in [2.75, 3.05) is 17.7 Å². The molecule has 1 heterocycles. The van der Waals surface area contributed by atoms with Crippen LogP contribution in [-0.4, -0.2) is 23.2 Å². The molecule has 0 aliphatic carbocycles. The minimum Gasteiger partial charge on any atom is -0.733 e. The Morgan fingerprint density at radius 3 is 2.56 bits per heavy atom. The maximum Gasteiger partial charge on any atom is 0.257 e. The van der Waals surface area contributed by atoms with Gasteiger partial charge in [0.25, 0.3) is 5.91 Å². The zero-order valence-electron chi connectivity index (χ0n) is 12.6. The summed E-state index contributed by atoms with van der Waals surface area (Å²) in [6.07, 6.45) is 0. The van der Waals surface area contributed by atoms with Crippen LogP contribution < -0.4 is 15.3 Å². The van der Waals surface area contributed by atoms with Crippen LogP contribution in [0.3, 0.4) is 0 Å². The highest BCUT2D eigenvalue weighted by molar-refractivity contribution is 7.22. The van der Waals surface area contributed by atoms with Gasteiger partial charge in [-0.25, -0.2) is 4.98 Å². The summed E-state index contributed by atoms with van der Waals surface area (Å²) >= 11 is 12.9. The molecular formula is C15H10Cl2N3O4S-. The lowest BCUT2D eigenvalue weighted by molar-refractivity contribution is 0.102. The number of hydrogen-bond acceptors (Lipinski definition) is 7. The molecule has 2 aromatic carbocycles. The lowest BCUT2D eigenvalue weighted by Crippen LogP contribution is -2.11. The molecule has 130 valence electrons. The van der Waals surface area contributed by atoms with Crippen molar-refractivity contribution in [3.05, 3.63) is 51.1 Å². The van der Waals surface area contributed by atoms with Gasteiger partial charge in [0.15, 0.2) is 5.13 Å². The fourth-order valence-electron chi connectivity index (χ4n) is 2.16. The van der Waals surface area contributed by atoms with Crippen molar-refractivity contribution >= 4 is 61.5 Å². The third-order valence-corrected chi connectivity index (χ3v) is 4.58. The van der Waals surface area contributed by atoms with Gasteiger partial charge in [-0.1, -0.05) is 34.5 Å². The van der Waals surface area contributed by atoms with Gasteiger partial charge in [-0.05, 0) is 24.3 Å². The van der Waals surface area contributed by atoms with Crippen LogP contribution in [0.15, 0.2) is 30.3 Å². The number of methoxy groups -OCH3 is 1. The zero-order valence-corrected chi connectivity index (χ0v) is 14.9. The first kappa shape index (κ1) is 17.7. The summed E-state index contributed by atoms with van der Waals surface area (Å²) in [5, 5.41) is 23.5. The van der Waals surface area contributed by atoms with Gasteiger partial charge in [0.2, 0.25) is 0 Å². The maximum atomic E-state index is 12.3. The van der Waals surface area contributed by atoms with Gasteiger partial charge in [0.1, 0.15) is 11.3 Å². The van der Waals surface area contributed by atoms with Gasteiger partial charge in [0.05, 0.1) is 17.5 Å². The second-order valence-electron chi connectivity index (χ2n) is 4.90. The third kappa shape index (κ3) is 3.78. The van der Waals surface area contributed by atoms with E-state index >= 15 is 0 Å². The summed E-state index contributed by atoms with van der Waals surface area (Å²) < 4.78 is 5.73. The van der Waals surface area contributed by atoms with E-state index in [1.165, 1.54) is 37.4 Å². The van der Waals surface area contributed by atoms with Crippen molar-refractivity contribution in [3.8, 4) is 5.75 Å². The van der Waals surface area contributed by atoms with E-state index in [1.807, 2.05) is 0 Å². The SMILES string of the molecule is COc1cc(N([O-])O)cc2sc(NC(=O)c3cc(Cl)cc(Cl)c3)nc12. The number of fused-ring (bicyclic) bond motifs is 1. The Bertz CT molecular complexity index is 941. The van der Waals surface area contributed by atoms with Gasteiger partial charge in [-0.15, -0.1) is 0 Å². The minimum atomic E-state index is -0.435. The van der Waals surface area contributed by atoms with E-state index in [0.29, 0.717) is 31.1 Å². The number of carbonyl (C=O) groups excluding carboxylic acids is 1. The molecule has 0 bridgehead atoms. The average Bonchev–Trinajstić information content (AvgIpc) is 2.95. The molecule has 3 rings (SSSR count). The van der Waals surface area contributed by atoms with Crippen molar-refractivity contribution in [2.24, 2.45) is 0 Å². The second kappa shape index (κ2) is 7.03. The molecule has 3 aromatic rings. The molecule has 0 saturated heterocycles. The van der Waals surface area contributed by atoms with E-state index in [0.717, 1.165) is 11.3 Å². The molecular weight excluding hydrogens is 389 g/mol. The van der Waals surface area contributed by atoms with Crippen LogP contribution in [-0.2, 0) is 0 Å². The molecule has 0 aliphatic heterocycles. The number of benzene rings is 2. The molecule has 1 amide bonds. The summed E-state index contributed by atoms with van der Waals surface area (Å²) in [4.78, 5) is 16.6. The molecule has 0 aliphatic rings. The van der Waals surface area contributed by atoms with Gasteiger partial charge in [-0.2, -0.15) is 0 Å². The number of aromatic nitrogens is 1. The molecule has 0 unspecified atom stereocenters. The van der Waals surface area contributed by atoms with E-state index in [4.69, 9.17) is 33.1 Å². The van der Waals surface area contributed by atoms with Crippen molar-refractivity contribution < 1.29 is 14.7 Å². The van der Waals surface area contributed by atoms with E-state index in [1.54, 1.807) is 0 Å². The fraction of sp³-hybridized carbons (Fsp3) is 0.0667. The lowest BCUT2D eigenvalue weighted by Gasteiger charge is -2.21. The Morgan fingerprint density at radius 1 is 1.28 bits per heavy atom. The van der Waals surface area contributed by atoms with Crippen LogP contribution >= 0.6 is 34.5 Å². The van der Waals surface area contributed by atoms with E-state index in [-0.39, 0.29) is 16.5 Å². The molecule has 7 nitrogen and oxygen atoms in total. The van der Waals surface area contributed by atoms with Gasteiger partial charge in [0, 0.05) is 21.7 Å². The molecule has 10 heteroatoms. The van der Waals surface area contributed by atoms with Crippen LogP contribution in [0.25, 0.3) is 10.2 Å². The number of halogens is 2. The second-order valence-corrected chi connectivity index (χ2v) is 6.80. The van der Waals surface area contributed by atoms with Gasteiger partial charge >= 0.3 is 0 Å². The van der Waals surface area contributed by atoms with Crippen LogP contribution in [0.4, 0.5) is 10.8 Å². The number of ether oxygens (including phenoxy) is 1. The number of carbonyl (C=O) groups is 1. The number of anilines is 2. The third-order valence-electron chi connectivity index (χ3n) is 3.23. The predicted molar refractivity (Wildman–Crippen MR) is 98.2 cm³/mol. The first-order valence-electron chi connectivity index (χ1n) is 6.79. The highest BCUT2D eigenvalue weighted by Gasteiger charge is 2.15. The van der Waals surface area contributed by atoms with Crippen molar-refractivity contribution in [2.45, 2.75) is 0 Å². The van der Waals surface area contributed by atoms with E-state index < -0.39 is 5.91 Å². The highest BCUT2D eigenvalue weighted by Crippen LogP contribution is 2.36. The summed E-state index contributed by atoms with van der Waals surface area (Å²) in [5.74, 6) is -0.139. The Labute approximate surface area is 155 Å². The number of hydrogen-bond donors (Lipinski definition) is 2. The topological polar surface area (TPSA) is 97.8 Å². The number of amides is 1. The molecule has 0 spiro atoms. The number of rotatable bonds is 4. The normalized spacial score (nSPS) is 10.8. The largest absolute Gasteiger partial charge is 0.733 e. The van der Waals surface area contributed by atoms with E-state index in [2.05, 4.69) is 10.3 Å². The van der Waals surface area contributed by atoms with Crippen molar-refractivity contribution in [1.29, 1.82) is 0 Å². The summed E-state index contributed by atoms with van der Waals surface area (Å²) in [6, 6.07) is 7.27. The smallest absolute Gasteiger partial charge is 0.257 e. The maximum absolute atomic E-state index is 12.3. The molecule has 0 atom stereocenters. The van der Waals surface area contributed by atoms with Gasteiger partial charge in [-0.3, -0.25) is 15.3 Å². The number of thiazole rings is 1. The monoisotopic (exact) mass is 398 g/mol. The highest BCUT2D eigenvalue weighted by atomic mass is 35.5. The lowest BCUT2D eigenvalue weighted by atomic mass is 10.2. The predicted octanol–water partition coefficient (Wildman–Crippen LogP) is 4.56. The Kier molecular flexibility index (Phi) is 4.98. The molecule has 1 aromatic heterocycles. The number of nitrogens with one attached hydrogen (secondary N) is 1. The first-order valence-corrected chi connectivity index (χ1v) is 8.37. The Morgan fingerprint density at radius 2 is 1.96 bits per heavy atom. The first-order chi connectivity index (χ1) is 11.9. The summed E-state index contributed by atoms with van der Waals surface area (Å²) in [7, 11) is 1.41. The Hall–Kier alpha value is -2.10. The number of nitrogens with zero attached hydrogens (tertiary/aromatic N) is 2. The molecule has 0 radical (unpaired) electrons. The summed E-state index contributed by atoms with van der Waals surface area (Å²) in [6.45, 7) is 0. The molecule has 0 saturated carbocycles.